The summed E-state index contributed by atoms with van der Waals surface area (Å²) in [7, 11) is 0. The van der Waals surface area contributed by atoms with Gasteiger partial charge in [0.1, 0.15) is 5.52 Å². The van der Waals surface area contributed by atoms with E-state index in [2.05, 4.69) is 21.9 Å². The molecule has 1 aliphatic heterocycles. The highest BCUT2D eigenvalue weighted by Crippen LogP contribution is 2.38. The summed E-state index contributed by atoms with van der Waals surface area (Å²) in [5, 5.41) is 0.800. The van der Waals surface area contributed by atoms with Crippen molar-refractivity contribution in [1.82, 2.24) is 9.88 Å². The Bertz CT molecular complexity index is 882. The molecule has 3 aromatic rings. The number of para-hydroxylation sites is 2. The molecule has 2 aromatic carbocycles. The summed E-state index contributed by atoms with van der Waals surface area (Å²) in [5.74, 6) is 1.38. The monoisotopic (exact) mass is 381 g/mol. The number of rotatable bonds is 3. The Morgan fingerprint density at radius 2 is 1.70 bits per heavy atom. The Labute approximate surface area is 164 Å². The number of oxazole rings is 1. The maximum absolute atomic E-state index is 6.02. The van der Waals surface area contributed by atoms with E-state index in [9.17, 15) is 0 Å². The molecular weight excluding hydrogens is 358 g/mol. The number of hydrogen-bond acceptors (Lipinski definition) is 4. The molecule has 0 radical (unpaired) electrons. The number of fused-ring (bicyclic) bond motifs is 1. The smallest absolute Gasteiger partial charge is 0.198 e. The highest BCUT2D eigenvalue weighted by Gasteiger charge is 2.34. The predicted molar refractivity (Wildman–Crippen MR) is 110 cm³/mol. The summed E-state index contributed by atoms with van der Waals surface area (Å²) in [6.07, 6.45) is 3.58. The van der Waals surface area contributed by atoms with Gasteiger partial charge in [-0.05, 0) is 55.7 Å². The molecule has 0 spiro atoms. The minimum absolute atomic E-state index is 0.455. The van der Waals surface area contributed by atoms with Gasteiger partial charge in [0.05, 0.1) is 0 Å². The van der Waals surface area contributed by atoms with Crippen molar-refractivity contribution in [2.45, 2.75) is 31.2 Å². The SMILES string of the molecule is Clc1ccc(N2CCN(C3CCC(c4nc5ccccc5o4)C3)CC2)cc1. The van der Waals surface area contributed by atoms with Crippen LogP contribution in [0.4, 0.5) is 5.69 Å². The number of aromatic nitrogens is 1. The second kappa shape index (κ2) is 7.17. The van der Waals surface area contributed by atoms with Gasteiger partial charge in [-0.25, -0.2) is 4.98 Å². The zero-order valence-corrected chi connectivity index (χ0v) is 16.1. The summed E-state index contributed by atoms with van der Waals surface area (Å²) >= 11 is 6.01. The molecule has 1 aromatic heterocycles. The number of benzene rings is 2. The van der Waals surface area contributed by atoms with Crippen molar-refractivity contribution in [1.29, 1.82) is 0 Å². The second-order valence-corrected chi connectivity index (χ2v) is 8.12. The normalized spacial score (nSPS) is 24.0. The van der Waals surface area contributed by atoms with Crippen LogP contribution in [-0.2, 0) is 0 Å². The van der Waals surface area contributed by atoms with Gasteiger partial charge in [0, 0.05) is 48.8 Å². The van der Waals surface area contributed by atoms with Crippen LogP contribution in [0, 0.1) is 0 Å². The number of nitrogens with zero attached hydrogens (tertiary/aromatic N) is 3. The van der Waals surface area contributed by atoms with Crippen molar-refractivity contribution >= 4 is 28.4 Å². The Hall–Kier alpha value is -2.04. The van der Waals surface area contributed by atoms with E-state index in [4.69, 9.17) is 21.0 Å². The highest BCUT2D eigenvalue weighted by molar-refractivity contribution is 6.30. The fourth-order valence-electron chi connectivity index (χ4n) is 4.58. The third-order valence-electron chi connectivity index (χ3n) is 6.09. The topological polar surface area (TPSA) is 32.5 Å². The van der Waals surface area contributed by atoms with E-state index in [1.165, 1.54) is 18.5 Å². The molecule has 0 N–H and O–H groups in total. The average molecular weight is 382 g/mol. The molecule has 2 atom stereocenters. The first-order valence-electron chi connectivity index (χ1n) is 9.86. The lowest BCUT2D eigenvalue weighted by Gasteiger charge is -2.39. The van der Waals surface area contributed by atoms with Crippen molar-refractivity contribution in [3.63, 3.8) is 0 Å². The van der Waals surface area contributed by atoms with Gasteiger partial charge >= 0.3 is 0 Å². The van der Waals surface area contributed by atoms with E-state index in [-0.39, 0.29) is 0 Å². The lowest BCUT2D eigenvalue weighted by molar-refractivity contribution is 0.185. The lowest BCUT2D eigenvalue weighted by atomic mass is 10.1. The maximum atomic E-state index is 6.02. The van der Waals surface area contributed by atoms with E-state index in [1.807, 2.05) is 36.4 Å². The molecule has 2 unspecified atom stereocenters. The first-order chi connectivity index (χ1) is 13.3. The van der Waals surface area contributed by atoms with Gasteiger partial charge in [0.25, 0.3) is 0 Å². The molecule has 140 valence electrons. The standard InChI is InChI=1S/C22H24ClN3O/c23-17-6-9-18(10-7-17)25-11-13-26(14-12-25)19-8-5-16(15-19)22-24-20-3-1-2-4-21(20)27-22/h1-4,6-7,9-10,16,19H,5,8,11-15H2. The minimum Gasteiger partial charge on any atom is -0.440 e. The molecule has 5 rings (SSSR count). The van der Waals surface area contributed by atoms with Crippen LogP contribution in [0.25, 0.3) is 11.1 Å². The van der Waals surface area contributed by atoms with Crippen LogP contribution in [0.3, 0.4) is 0 Å². The molecule has 1 saturated heterocycles. The number of piperazine rings is 1. The van der Waals surface area contributed by atoms with Gasteiger partial charge in [0.2, 0.25) is 0 Å². The Morgan fingerprint density at radius 3 is 2.48 bits per heavy atom. The molecule has 27 heavy (non-hydrogen) atoms. The van der Waals surface area contributed by atoms with Crippen molar-refractivity contribution in [3.8, 4) is 0 Å². The van der Waals surface area contributed by atoms with E-state index in [0.29, 0.717) is 12.0 Å². The van der Waals surface area contributed by atoms with Crippen LogP contribution in [0.2, 0.25) is 5.02 Å². The largest absolute Gasteiger partial charge is 0.440 e. The molecule has 1 aliphatic carbocycles. The first kappa shape index (κ1) is 17.1. The van der Waals surface area contributed by atoms with Gasteiger partial charge in [-0.3, -0.25) is 4.90 Å². The molecule has 2 aliphatic rings. The molecule has 0 bridgehead atoms. The molecule has 1 saturated carbocycles. The first-order valence-corrected chi connectivity index (χ1v) is 10.2. The molecular formula is C22H24ClN3O. The van der Waals surface area contributed by atoms with E-state index >= 15 is 0 Å². The van der Waals surface area contributed by atoms with Crippen LogP contribution in [-0.4, -0.2) is 42.1 Å². The van der Waals surface area contributed by atoms with Gasteiger partial charge in [0.15, 0.2) is 11.5 Å². The van der Waals surface area contributed by atoms with Crippen LogP contribution in [0.15, 0.2) is 52.9 Å². The fraction of sp³-hybridized carbons (Fsp3) is 0.409. The van der Waals surface area contributed by atoms with Gasteiger partial charge < -0.3 is 9.32 Å². The van der Waals surface area contributed by atoms with Crippen LogP contribution < -0.4 is 4.90 Å². The number of halogens is 1. The zero-order chi connectivity index (χ0) is 18.2. The van der Waals surface area contributed by atoms with Gasteiger partial charge in [-0.1, -0.05) is 23.7 Å². The molecule has 4 nitrogen and oxygen atoms in total. The van der Waals surface area contributed by atoms with Gasteiger partial charge in [-0.2, -0.15) is 0 Å². The Kier molecular flexibility index (Phi) is 4.54. The summed E-state index contributed by atoms with van der Waals surface area (Å²) in [4.78, 5) is 9.85. The van der Waals surface area contributed by atoms with E-state index in [0.717, 1.165) is 54.6 Å². The average Bonchev–Trinajstić information content (AvgIpc) is 3.36. The van der Waals surface area contributed by atoms with Gasteiger partial charge in [-0.15, -0.1) is 0 Å². The summed E-state index contributed by atoms with van der Waals surface area (Å²) < 4.78 is 6.02. The second-order valence-electron chi connectivity index (χ2n) is 7.68. The third-order valence-corrected chi connectivity index (χ3v) is 6.34. The summed E-state index contributed by atoms with van der Waals surface area (Å²) in [6.45, 7) is 4.39. The highest BCUT2D eigenvalue weighted by atomic mass is 35.5. The van der Waals surface area contributed by atoms with Crippen molar-refractivity contribution in [2.75, 3.05) is 31.1 Å². The minimum atomic E-state index is 0.455. The van der Waals surface area contributed by atoms with E-state index in [1.54, 1.807) is 0 Å². The third kappa shape index (κ3) is 3.44. The van der Waals surface area contributed by atoms with Crippen molar-refractivity contribution in [3.05, 3.63) is 59.4 Å². The predicted octanol–water partition coefficient (Wildman–Crippen LogP) is 4.94. The quantitative estimate of drug-likeness (QED) is 0.643. The van der Waals surface area contributed by atoms with Crippen molar-refractivity contribution in [2.24, 2.45) is 0 Å². The van der Waals surface area contributed by atoms with Crippen LogP contribution in [0.5, 0.6) is 0 Å². The Balaban J connectivity index is 1.20. The summed E-state index contributed by atoms with van der Waals surface area (Å²) in [5.41, 5.74) is 3.16. The fourth-order valence-corrected chi connectivity index (χ4v) is 4.70. The molecule has 2 fully saturated rings. The van der Waals surface area contributed by atoms with Crippen LogP contribution >= 0.6 is 11.6 Å². The molecule has 0 amide bonds. The van der Waals surface area contributed by atoms with Crippen LogP contribution in [0.1, 0.15) is 31.1 Å². The molecule has 5 heteroatoms. The zero-order valence-electron chi connectivity index (χ0n) is 15.4. The number of anilines is 1. The molecule has 2 heterocycles. The van der Waals surface area contributed by atoms with E-state index < -0.39 is 0 Å². The number of hydrogen-bond donors (Lipinski definition) is 0. The lowest BCUT2D eigenvalue weighted by Crippen LogP contribution is -2.49. The van der Waals surface area contributed by atoms with Crippen molar-refractivity contribution < 1.29 is 4.42 Å². The maximum Gasteiger partial charge on any atom is 0.198 e. The summed E-state index contributed by atoms with van der Waals surface area (Å²) in [6, 6.07) is 16.9. The Morgan fingerprint density at radius 1 is 0.926 bits per heavy atom.